The summed E-state index contributed by atoms with van der Waals surface area (Å²) in [6, 6.07) is 6.63. The van der Waals surface area contributed by atoms with Crippen molar-refractivity contribution in [2.75, 3.05) is 31.6 Å². The van der Waals surface area contributed by atoms with Gasteiger partial charge in [0.25, 0.3) is 0 Å². The zero-order chi connectivity index (χ0) is 16.4. The number of rotatable bonds is 5. The van der Waals surface area contributed by atoms with Crippen molar-refractivity contribution in [3.05, 3.63) is 36.3 Å². The van der Waals surface area contributed by atoms with Gasteiger partial charge in [-0.1, -0.05) is 0 Å². The molecular formula is C18H23N5O. The highest BCUT2D eigenvalue weighted by Gasteiger charge is 2.32. The van der Waals surface area contributed by atoms with Gasteiger partial charge in [0.05, 0.1) is 12.7 Å². The molecule has 1 saturated carbocycles. The van der Waals surface area contributed by atoms with Gasteiger partial charge in [0.15, 0.2) is 5.82 Å². The predicted octanol–water partition coefficient (Wildman–Crippen LogP) is 2.12. The molecule has 1 atom stereocenters. The molecule has 0 unspecified atom stereocenters. The first-order valence-electron chi connectivity index (χ1n) is 8.63. The number of morpholine rings is 1. The second kappa shape index (κ2) is 6.83. The number of aromatic nitrogens is 3. The fourth-order valence-electron chi connectivity index (χ4n) is 3.14. The van der Waals surface area contributed by atoms with Gasteiger partial charge in [0.2, 0.25) is 0 Å². The number of nitrogens with zero attached hydrogens (tertiary/aromatic N) is 4. The fraction of sp³-hybridized carbons (Fsp3) is 0.500. The van der Waals surface area contributed by atoms with E-state index in [1.807, 2.05) is 25.1 Å². The summed E-state index contributed by atoms with van der Waals surface area (Å²) in [4.78, 5) is 15.8. The summed E-state index contributed by atoms with van der Waals surface area (Å²) < 4.78 is 5.90. The largest absolute Gasteiger partial charge is 0.374 e. The van der Waals surface area contributed by atoms with Crippen molar-refractivity contribution in [2.24, 2.45) is 0 Å². The molecule has 1 N–H and O–H groups in total. The molecule has 6 nitrogen and oxygen atoms in total. The number of ether oxygens (including phenoxy) is 1. The normalized spacial score (nSPS) is 21.6. The Morgan fingerprint density at radius 1 is 1.25 bits per heavy atom. The summed E-state index contributed by atoms with van der Waals surface area (Å²) in [5.41, 5.74) is 1.93. The van der Waals surface area contributed by atoms with Crippen molar-refractivity contribution < 1.29 is 4.74 Å². The molecule has 3 heterocycles. The first kappa shape index (κ1) is 15.5. The number of hydrogen-bond donors (Lipinski definition) is 1. The molecule has 2 fully saturated rings. The second-order valence-electron chi connectivity index (χ2n) is 6.55. The molecular weight excluding hydrogens is 302 g/mol. The predicted molar refractivity (Wildman–Crippen MR) is 92.8 cm³/mol. The smallest absolute Gasteiger partial charge is 0.161 e. The lowest BCUT2D eigenvalue weighted by Crippen LogP contribution is -2.46. The summed E-state index contributed by atoms with van der Waals surface area (Å²) in [7, 11) is 0. The molecule has 2 aromatic heterocycles. The maximum atomic E-state index is 5.90. The summed E-state index contributed by atoms with van der Waals surface area (Å²) in [6.45, 7) is 5.67. The number of hydrogen-bond acceptors (Lipinski definition) is 6. The monoisotopic (exact) mass is 325 g/mol. The van der Waals surface area contributed by atoms with E-state index in [9.17, 15) is 0 Å². The van der Waals surface area contributed by atoms with Crippen molar-refractivity contribution in [3.63, 3.8) is 0 Å². The molecule has 2 aromatic rings. The molecule has 6 heteroatoms. The van der Waals surface area contributed by atoms with Crippen LogP contribution in [0.15, 0.2) is 30.6 Å². The van der Waals surface area contributed by atoms with Gasteiger partial charge in [0, 0.05) is 55.4 Å². The third kappa shape index (κ3) is 3.71. The topological polar surface area (TPSA) is 63.2 Å². The first-order chi connectivity index (χ1) is 11.8. The van der Waals surface area contributed by atoms with Gasteiger partial charge < -0.3 is 10.1 Å². The Balaban J connectivity index is 1.42. The zero-order valence-corrected chi connectivity index (χ0v) is 14.0. The lowest BCUT2D eigenvalue weighted by atomic mass is 10.2. The van der Waals surface area contributed by atoms with E-state index in [1.165, 1.54) is 12.8 Å². The molecule has 4 rings (SSSR count). The van der Waals surface area contributed by atoms with E-state index in [2.05, 4.69) is 25.2 Å². The summed E-state index contributed by atoms with van der Waals surface area (Å²) in [6.07, 6.45) is 6.44. The van der Waals surface area contributed by atoms with Crippen molar-refractivity contribution in [1.82, 2.24) is 19.9 Å². The van der Waals surface area contributed by atoms with Gasteiger partial charge in [-0.3, -0.25) is 9.88 Å². The van der Waals surface area contributed by atoms with Gasteiger partial charge in [-0.15, -0.1) is 0 Å². The Hall–Kier alpha value is -2.05. The van der Waals surface area contributed by atoms with E-state index < -0.39 is 0 Å². The minimum absolute atomic E-state index is 0.221. The molecule has 0 bridgehead atoms. The summed E-state index contributed by atoms with van der Waals surface area (Å²) in [5, 5.41) is 3.43. The quantitative estimate of drug-likeness (QED) is 0.908. The average Bonchev–Trinajstić information content (AvgIpc) is 3.46. The molecule has 0 spiro atoms. The van der Waals surface area contributed by atoms with Crippen LogP contribution in [0.3, 0.4) is 0 Å². The number of anilines is 1. The lowest BCUT2D eigenvalue weighted by Gasteiger charge is -2.33. The number of pyridine rings is 1. The summed E-state index contributed by atoms with van der Waals surface area (Å²) >= 11 is 0. The maximum absolute atomic E-state index is 5.90. The van der Waals surface area contributed by atoms with Crippen LogP contribution in [0.4, 0.5) is 5.82 Å². The van der Waals surface area contributed by atoms with Crippen LogP contribution in [0.1, 0.15) is 18.5 Å². The minimum Gasteiger partial charge on any atom is -0.374 e. The Morgan fingerprint density at radius 3 is 2.88 bits per heavy atom. The zero-order valence-electron chi connectivity index (χ0n) is 14.0. The van der Waals surface area contributed by atoms with Crippen LogP contribution in [-0.2, 0) is 4.74 Å². The van der Waals surface area contributed by atoms with Crippen LogP contribution in [0.25, 0.3) is 11.4 Å². The minimum atomic E-state index is 0.221. The molecule has 24 heavy (non-hydrogen) atoms. The van der Waals surface area contributed by atoms with Crippen molar-refractivity contribution in [1.29, 1.82) is 0 Å². The van der Waals surface area contributed by atoms with E-state index in [0.29, 0.717) is 0 Å². The van der Waals surface area contributed by atoms with Crippen LogP contribution < -0.4 is 5.32 Å². The molecule has 1 aliphatic carbocycles. The van der Waals surface area contributed by atoms with E-state index >= 15 is 0 Å². The third-order valence-corrected chi connectivity index (χ3v) is 4.54. The first-order valence-corrected chi connectivity index (χ1v) is 8.63. The number of aryl methyl sites for hydroxylation is 1. The molecule has 2 aliphatic rings. The number of nitrogens with one attached hydrogen (secondary N) is 1. The Bertz CT molecular complexity index is 689. The molecule has 0 radical (unpaired) electrons. The van der Waals surface area contributed by atoms with E-state index in [0.717, 1.165) is 55.2 Å². The van der Waals surface area contributed by atoms with Crippen LogP contribution in [-0.4, -0.2) is 58.2 Å². The highest BCUT2D eigenvalue weighted by molar-refractivity contribution is 5.56. The maximum Gasteiger partial charge on any atom is 0.161 e. The SMILES string of the molecule is Cc1cc(NC[C@H]2CN(C3CC3)CCO2)nc(-c2ccncc2)n1. The van der Waals surface area contributed by atoms with Crippen LogP contribution in [0.2, 0.25) is 0 Å². The summed E-state index contributed by atoms with van der Waals surface area (Å²) in [5.74, 6) is 1.57. The van der Waals surface area contributed by atoms with Crippen LogP contribution in [0.5, 0.6) is 0 Å². The van der Waals surface area contributed by atoms with Gasteiger partial charge >= 0.3 is 0 Å². The van der Waals surface area contributed by atoms with Gasteiger partial charge in [-0.25, -0.2) is 9.97 Å². The lowest BCUT2D eigenvalue weighted by molar-refractivity contribution is -0.0241. The van der Waals surface area contributed by atoms with E-state index in [4.69, 9.17) is 4.74 Å². The molecule has 126 valence electrons. The average molecular weight is 325 g/mol. The highest BCUT2D eigenvalue weighted by Crippen LogP contribution is 2.28. The van der Waals surface area contributed by atoms with Gasteiger partial charge in [-0.2, -0.15) is 0 Å². The van der Waals surface area contributed by atoms with Gasteiger partial charge in [-0.05, 0) is 31.9 Å². The van der Waals surface area contributed by atoms with E-state index in [-0.39, 0.29) is 6.10 Å². The van der Waals surface area contributed by atoms with Crippen molar-refractivity contribution >= 4 is 5.82 Å². The molecule has 1 saturated heterocycles. The fourth-order valence-corrected chi connectivity index (χ4v) is 3.14. The Kier molecular flexibility index (Phi) is 4.40. The highest BCUT2D eigenvalue weighted by atomic mass is 16.5. The Morgan fingerprint density at radius 2 is 2.08 bits per heavy atom. The van der Waals surface area contributed by atoms with Crippen LogP contribution in [0, 0.1) is 6.92 Å². The van der Waals surface area contributed by atoms with Gasteiger partial charge in [0.1, 0.15) is 5.82 Å². The van der Waals surface area contributed by atoms with Crippen molar-refractivity contribution in [3.8, 4) is 11.4 Å². The molecule has 0 aromatic carbocycles. The standard InChI is InChI=1S/C18H23N5O/c1-13-10-17(22-18(21-13)14-4-6-19-7-5-14)20-11-16-12-23(8-9-24-16)15-2-3-15/h4-7,10,15-16H,2-3,8-9,11-12H2,1H3,(H,20,21,22)/t16-/m0/s1. The second-order valence-corrected chi connectivity index (χ2v) is 6.55. The Labute approximate surface area is 142 Å². The third-order valence-electron chi connectivity index (χ3n) is 4.54. The van der Waals surface area contributed by atoms with E-state index in [1.54, 1.807) is 12.4 Å². The molecule has 1 aliphatic heterocycles. The molecule has 0 amide bonds. The van der Waals surface area contributed by atoms with Crippen LogP contribution >= 0.6 is 0 Å². The van der Waals surface area contributed by atoms with Crippen molar-refractivity contribution in [2.45, 2.75) is 31.9 Å².